The highest BCUT2D eigenvalue weighted by atomic mass is 16.5. The summed E-state index contributed by atoms with van der Waals surface area (Å²) < 4.78 is 8.14. The lowest BCUT2D eigenvalue weighted by atomic mass is 9.81. The molecule has 3 aromatic rings. The molecule has 4 atom stereocenters. The van der Waals surface area contributed by atoms with E-state index in [-0.39, 0.29) is 23.9 Å². The van der Waals surface area contributed by atoms with Crippen molar-refractivity contribution in [2.24, 2.45) is 11.1 Å². The third-order valence-corrected chi connectivity index (χ3v) is 10.8. The van der Waals surface area contributed by atoms with Crippen molar-refractivity contribution in [1.29, 1.82) is 0 Å². The van der Waals surface area contributed by atoms with Gasteiger partial charge in [0.25, 0.3) is 0 Å². The van der Waals surface area contributed by atoms with Crippen molar-refractivity contribution in [2.75, 3.05) is 27.7 Å². The van der Waals surface area contributed by atoms with Crippen LogP contribution in [0.3, 0.4) is 0 Å². The maximum absolute atomic E-state index is 14.9. The highest BCUT2D eigenvalue weighted by molar-refractivity contribution is 6.01. The zero-order chi connectivity index (χ0) is 29.3. The molecule has 3 heterocycles. The lowest BCUT2D eigenvalue weighted by Gasteiger charge is -2.34. The Morgan fingerprint density at radius 3 is 2.55 bits per heavy atom. The van der Waals surface area contributed by atoms with E-state index in [1.54, 1.807) is 7.11 Å². The number of carbonyl (C=O) groups is 2. The Hall–Kier alpha value is -3.32. The standard InChI is InChI=1S/C35H44N4O3/c1-21-10-12-24(19-37(2)3)39(21)34(41)35-18-29(35)28-17-25(42-4)13-15-26(28)32-31(22-8-6-5-7-9-22)27-14-11-23(33(36)40)16-30(27)38(32)20-35/h11,13-17,21-22,24,29H,5-10,12,18-20H2,1-4H3,(H2,36,40). The van der Waals surface area contributed by atoms with Gasteiger partial charge in [0, 0.05) is 53.1 Å². The molecule has 2 aliphatic heterocycles. The molecule has 222 valence electrons. The van der Waals surface area contributed by atoms with Crippen molar-refractivity contribution < 1.29 is 14.3 Å². The number of primary amides is 1. The van der Waals surface area contributed by atoms with E-state index in [2.05, 4.69) is 59.7 Å². The lowest BCUT2D eigenvalue weighted by Crippen LogP contribution is -2.48. The van der Waals surface area contributed by atoms with Crippen LogP contribution >= 0.6 is 0 Å². The molecule has 2 aliphatic carbocycles. The third-order valence-electron chi connectivity index (χ3n) is 10.8. The zero-order valence-electron chi connectivity index (χ0n) is 25.5. The van der Waals surface area contributed by atoms with Crippen molar-refractivity contribution in [2.45, 2.75) is 88.8 Å². The predicted octanol–water partition coefficient (Wildman–Crippen LogP) is 5.89. The van der Waals surface area contributed by atoms with Crippen molar-refractivity contribution in [1.82, 2.24) is 14.4 Å². The number of carbonyl (C=O) groups excluding carboxylic acids is 2. The smallest absolute Gasteiger partial charge is 0.248 e. The fourth-order valence-electron chi connectivity index (χ4n) is 8.73. The van der Waals surface area contributed by atoms with E-state index in [1.165, 1.54) is 59.9 Å². The average molecular weight is 569 g/mol. The molecule has 4 aliphatic rings. The van der Waals surface area contributed by atoms with E-state index in [0.717, 1.165) is 37.1 Å². The van der Waals surface area contributed by atoms with Gasteiger partial charge in [-0.15, -0.1) is 0 Å². The van der Waals surface area contributed by atoms with E-state index in [4.69, 9.17) is 10.5 Å². The molecule has 7 rings (SSSR count). The summed E-state index contributed by atoms with van der Waals surface area (Å²) in [5.74, 6) is 1.30. The predicted molar refractivity (Wildman–Crippen MR) is 166 cm³/mol. The van der Waals surface area contributed by atoms with Crippen LogP contribution < -0.4 is 10.5 Å². The van der Waals surface area contributed by atoms with Crippen LogP contribution in [0.1, 0.15) is 91.6 Å². The molecule has 4 unspecified atom stereocenters. The number of benzene rings is 2. The third kappa shape index (κ3) is 4.18. The van der Waals surface area contributed by atoms with Gasteiger partial charge in [0.15, 0.2) is 0 Å². The number of nitrogens with two attached hydrogens (primary N) is 1. The van der Waals surface area contributed by atoms with Gasteiger partial charge in [-0.25, -0.2) is 0 Å². The van der Waals surface area contributed by atoms with Crippen LogP contribution in [0.4, 0.5) is 0 Å². The summed E-state index contributed by atoms with van der Waals surface area (Å²) in [5, 5.41) is 1.20. The minimum Gasteiger partial charge on any atom is -0.497 e. The van der Waals surface area contributed by atoms with Gasteiger partial charge in [-0.05, 0) is 100 Å². The number of hydrogen-bond acceptors (Lipinski definition) is 4. The summed E-state index contributed by atoms with van der Waals surface area (Å²) >= 11 is 0. The number of nitrogens with zero attached hydrogens (tertiary/aromatic N) is 3. The highest BCUT2D eigenvalue weighted by Gasteiger charge is 2.65. The Labute approximate surface area is 249 Å². The first kappa shape index (κ1) is 27.5. The monoisotopic (exact) mass is 568 g/mol. The van der Waals surface area contributed by atoms with E-state index in [1.807, 2.05) is 12.1 Å². The van der Waals surface area contributed by atoms with E-state index in [9.17, 15) is 9.59 Å². The molecule has 2 aromatic carbocycles. The molecule has 7 nitrogen and oxygen atoms in total. The zero-order valence-corrected chi connectivity index (χ0v) is 25.5. The lowest BCUT2D eigenvalue weighted by molar-refractivity contribution is -0.140. The first-order valence-corrected chi connectivity index (χ1v) is 15.8. The van der Waals surface area contributed by atoms with Gasteiger partial charge in [-0.2, -0.15) is 0 Å². The normalized spacial score (nSPS) is 27.0. The number of likely N-dealkylation sites (N-methyl/N-ethyl adjacent to an activating group) is 1. The van der Waals surface area contributed by atoms with Crippen molar-refractivity contribution in [3.8, 4) is 17.0 Å². The Morgan fingerprint density at radius 1 is 1.05 bits per heavy atom. The molecule has 1 aromatic heterocycles. The molecule has 0 spiro atoms. The first-order valence-electron chi connectivity index (χ1n) is 15.8. The minimum atomic E-state index is -0.520. The van der Waals surface area contributed by atoms with Gasteiger partial charge in [-0.3, -0.25) is 9.59 Å². The second kappa shape index (κ2) is 10.1. The Morgan fingerprint density at radius 2 is 1.83 bits per heavy atom. The van der Waals surface area contributed by atoms with E-state index < -0.39 is 11.3 Å². The number of aromatic nitrogens is 1. The molecular formula is C35H44N4O3. The number of hydrogen-bond donors (Lipinski definition) is 1. The Bertz CT molecular complexity index is 1570. The van der Waals surface area contributed by atoms with Gasteiger partial charge in [0.05, 0.1) is 18.2 Å². The van der Waals surface area contributed by atoms with Crippen LogP contribution in [0.25, 0.3) is 22.2 Å². The summed E-state index contributed by atoms with van der Waals surface area (Å²) in [4.78, 5) is 31.7. The number of methoxy groups -OCH3 is 1. The summed E-state index contributed by atoms with van der Waals surface area (Å²) in [6, 6.07) is 12.9. The molecular weight excluding hydrogens is 524 g/mol. The molecule has 0 radical (unpaired) electrons. The molecule has 2 saturated carbocycles. The fourth-order valence-corrected chi connectivity index (χ4v) is 8.73. The summed E-state index contributed by atoms with van der Waals surface area (Å²) in [6.45, 7) is 3.71. The van der Waals surface area contributed by atoms with E-state index in [0.29, 0.717) is 18.0 Å². The number of fused-ring (bicyclic) bond motifs is 7. The first-order chi connectivity index (χ1) is 20.2. The average Bonchev–Trinajstić information content (AvgIpc) is 3.52. The molecule has 2 amide bonds. The van der Waals surface area contributed by atoms with Gasteiger partial charge >= 0.3 is 0 Å². The van der Waals surface area contributed by atoms with Crippen molar-refractivity contribution in [3.63, 3.8) is 0 Å². The van der Waals surface area contributed by atoms with Crippen molar-refractivity contribution >= 4 is 22.7 Å². The second-order valence-electron chi connectivity index (χ2n) is 13.7. The number of likely N-dealkylation sites (tertiary alicyclic amines) is 1. The van der Waals surface area contributed by atoms with Crippen LogP contribution in [0.2, 0.25) is 0 Å². The van der Waals surface area contributed by atoms with Gasteiger partial charge in [0.2, 0.25) is 11.8 Å². The van der Waals surface area contributed by atoms with Crippen LogP contribution in [-0.2, 0) is 11.3 Å². The molecule has 2 N–H and O–H groups in total. The van der Waals surface area contributed by atoms with Crippen LogP contribution in [-0.4, -0.2) is 66.0 Å². The number of amides is 2. The Balaban J connectivity index is 1.45. The molecule has 1 saturated heterocycles. The second-order valence-corrected chi connectivity index (χ2v) is 13.7. The maximum Gasteiger partial charge on any atom is 0.248 e. The van der Waals surface area contributed by atoms with E-state index >= 15 is 0 Å². The largest absolute Gasteiger partial charge is 0.497 e. The van der Waals surface area contributed by atoms with Gasteiger partial charge in [-0.1, -0.05) is 25.3 Å². The van der Waals surface area contributed by atoms with Gasteiger partial charge in [0.1, 0.15) is 5.75 Å². The van der Waals surface area contributed by atoms with Crippen molar-refractivity contribution in [3.05, 3.63) is 53.1 Å². The molecule has 42 heavy (non-hydrogen) atoms. The quantitative estimate of drug-likeness (QED) is 0.402. The number of ether oxygens (including phenoxy) is 1. The molecule has 0 bridgehead atoms. The SMILES string of the molecule is COc1ccc2c(c1)C1CC1(C(=O)N1C(C)CCC1CN(C)C)Cn1c-2c(C2CCCCC2)c2ccc(C(N)=O)cc21. The number of rotatable bonds is 6. The van der Waals surface area contributed by atoms with Gasteiger partial charge < -0.3 is 24.8 Å². The minimum absolute atomic E-state index is 0.136. The van der Waals surface area contributed by atoms with Crippen LogP contribution in [0, 0.1) is 5.41 Å². The topological polar surface area (TPSA) is 80.8 Å². The Kier molecular flexibility index (Phi) is 6.65. The molecule has 7 heteroatoms. The highest BCUT2D eigenvalue weighted by Crippen LogP contribution is 2.66. The summed E-state index contributed by atoms with van der Waals surface area (Å²) in [5.41, 5.74) is 11.9. The fraction of sp³-hybridized carbons (Fsp3) is 0.543. The molecule has 3 fully saturated rings. The summed E-state index contributed by atoms with van der Waals surface area (Å²) in [7, 11) is 5.91. The van der Waals surface area contributed by atoms with Crippen LogP contribution in [0.15, 0.2) is 36.4 Å². The summed E-state index contributed by atoms with van der Waals surface area (Å²) in [6.07, 6.45) is 9.00. The maximum atomic E-state index is 14.9. The van der Waals surface area contributed by atoms with Crippen LogP contribution in [0.5, 0.6) is 5.75 Å².